The number of anilines is 4. The molecule has 2 N–H and O–H groups in total. The molecule has 8 nitrogen and oxygen atoms in total. The van der Waals surface area contributed by atoms with E-state index >= 15 is 0 Å². The number of benzene rings is 2. The number of hydrogen-bond donors (Lipinski definition) is 2. The van der Waals surface area contributed by atoms with Crippen molar-refractivity contribution < 1.29 is 13.2 Å². The number of nitrogens with zero attached hydrogens (tertiary/aromatic N) is 3. The van der Waals surface area contributed by atoms with Crippen molar-refractivity contribution in [3.63, 3.8) is 0 Å². The number of sulfonamides is 1. The number of hydrogen-bond acceptors (Lipinski definition) is 7. The van der Waals surface area contributed by atoms with E-state index in [9.17, 15) is 8.42 Å². The standard InChI is InChI=1S/C21H22ClN5O3S/c22-17-3-1-2-16(12-17)15-31(28,29)26-19-6-4-18(5-7-19)24-21-13-20(14-23-25-21)27-8-10-30-11-9-27/h1-7,12-14,26H,8-11,15H2,(H,24,25). The van der Waals surface area contributed by atoms with Gasteiger partial charge in [-0.05, 0) is 42.0 Å². The van der Waals surface area contributed by atoms with Gasteiger partial charge in [-0.25, -0.2) is 8.42 Å². The number of rotatable bonds is 7. The molecule has 0 aliphatic carbocycles. The van der Waals surface area contributed by atoms with E-state index in [0.717, 1.165) is 24.5 Å². The first-order chi connectivity index (χ1) is 15.0. The van der Waals surface area contributed by atoms with Crippen molar-refractivity contribution in [3.05, 3.63) is 71.4 Å². The van der Waals surface area contributed by atoms with Crippen LogP contribution >= 0.6 is 11.6 Å². The van der Waals surface area contributed by atoms with Crippen molar-refractivity contribution in [2.24, 2.45) is 0 Å². The zero-order valence-corrected chi connectivity index (χ0v) is 18.2. The zero-order chi connectivity index (χ0) is 21.7. The molecule has 0 unspecified atom stereocenters. The van der Waals surface area contributed by atoms with Crippen molar-refractivity contribution in [2.45, 2.75) is 5.75 Å². The summed E-state index contributed by atoms with van der Waals surface area (Å²) in [7, 11) is -3.56. The van der Waals surface area contributed by atoms with E-state index in [2.05, 4.69) is 25.1 Å². The third-order valence-corrected chi connectivity index (χ3v) is 6.19. The Morgan fingerprint density at radius 2 is 1.77 bits per heavy atom. The summed E-state index contributed by atoms with van der Waals surface area (Å²) < 4.78 is 32.9. The molecular weight excluding hydrogens is 438 g/mol. The minimum absolute atomic E-state index is 0.155. The van der Waals surface area contributed by atoms with Crippen LogP contribution < -0.4 is 14.9 Å². The lowest BCUT2D eigenvalue weighted by Crippen LogP contribution is -2.36. The lowest BCUT2D eigenvalue weighted by molar-refractivity contribution is 0.122. The molecule has 3 aromatic rings. The molecule has 2 aromatic carbocycles. The van der Waals surface area contributed by atoms with Crippen LogP contribution in [0.25, 0.3) is 0 Å². The van der Waals surface area contributed by atoms with Crippen LogP contribution in [0.15, 0.2) is 60.8 Å². The van der Waals surface area contributed by atoms with Crippen molar-refractivity contribution in [2.75, 3.05) is 41.2 Å². The minimum atomic E-state index is -3.56. The molecule has 0 amide bonds. The first-order valence-electron chi connectivity index (χ1n) is 9.74. The first kappa shape index (κ1) is 21.4. The predicted octanol–water partition coefficient (Wildman–Crippen LogP) is 3.65. The van der Waals surface area contributed by atoms with E-state index in [4.69, 9.17) is 16.3 Å². The summed E-state index contributed by atoms with van der Waals surface area (Å²) in [5.41, 5.74) is 2.84. The molecule has 2 heterocycles. The Morgan fingerprint density at radius 3 is 2.52 bits per heavy atom. The molecule has 1 aromatic heterocycles. The van der Waals surface area contributed by atoms with Gasteiger partial charge < -0.3 is 15.0 Å². The van der Waals surface area contributed by atoms with E-state index in [0.29, 0.717) is 35.3 Å². The van der Waals surface area contributed by atoms with Gasteiger partial charge in [0, 0.05) is 35.6 Å². The summed E-state index contributed by atoms with van der Waals surface area (Å²) in [6.45, 7) is 3.02. The Kier molecular flexibility index (Phi) is 6.55. The predicted molar refractivity (Wildman–Crippen MR) is 122 cm³/mol. The average Bonchev–Trinajstić information content (AvgIpc) is 2.75. The Labute approximate surface area is 186 Å². The summed E-state index contributed by atoms with van der Waals surface area (Å²) in [5, 5.41) is 11.9. The van der Waals surface area contributed by atoms with Crippen LogP contribution in [0, 0.1) is 0 Å². The first-order valence-corrected chi connectivity index (χ1v) is 11.8. The van der Waals surface area contributed by atoms with Gasteiger partial charge in [0.25, 0.3) is 0 Å². The third-order valence-electron chi connectivity index (χ3n) is 4.69. The van der Waals surface area contributed by atoms with Crippen LogP contribution in [0.1, 0.15) is 5.56 Å². The summed E-state index contributed by atoms with van der Waals surface area (Å²) in [5.74, 6) is 0.454. The molecule has 0 spiro atoms. The monoisotopic (exact) mass is 459 g/mol. The summed E-state index contributed by atoms with van der Waals surface area (Å²) >= 11 is 5.93. The highest BCUT2D eigenvalue weighted by atomic mass is 35.5. The summed E-state index contributed by atoms with van der Waals surface area (Å²) in [6.07, 6.45) is 1.73. The van der Waals surface area contributed by atoms with Crippen molar-refractivity contribution >= 4 is 44.5 Å². The Balaban J connectivity index is 1.39. The molecule has 4 rings (SSSR count). The van der Waals surface area contributed by atoms with Gasteiger partial charge in [-0.2, -0.15) is 5.10 Å². The fourth-order valence-corrected chi connectivity index (χ4v) is 4.64. The smallest absolute Gasteiger partial charge is 0.236 e. The van der Waals surface area contributed by atoms with E-state index in [1.165, 1.54) is 0 Å². The molecule has 1 aliphatic rings. The van der Waals surface area contributed by atoms with Gasteiger partial charge >= 0.3 is 0 Å². The molecule has 0 atom stereocenters. The molecular formula is C21H22ClN5O3S. The highest BCUT2D eigenvalue weighted by Gasteiger charge is 2.14. The van der Waals surface area contributed by atoms with Gasteiger partial charge in [-0.3, -0.25) is 4.72 Å². The SMILES string of the molecule is O=S(=O)(Cc1cccc(Cl)c1)Nc1ccc(Nc2cc(N3CCOCC3)cnn2)cc1. The largest absolute Gasteiger partial charge is 0.378 e. The molecule has 1 saturated heterocycles. The van der Waals surface area contributed by atoms with Gasteiger partial charge in [0.1, 0.15) is 0 Å². The highest BCUT2D eigenvalue weighted by Crippen LogP contribution is 2.22. The number of aromatic nitrogens is 2. The lowest BCUT2D eigenvalue weighted by atomic mass is 10.2. The second-order valence-corrected chi connectivity index (χ2v) is 9.25. The highest BCUT2D eigenvalue weighted by molar-refractivity contribution is 7.91. The fourth-order valence-electron chi connectivity index (χ4n) is 3.24. The maximum atomic E-state index is 12.4. The van der Waals surface area contributed by atoms with Crippen molar-refractivity contribution in [1.29, 1.82) is 0 Å². The fraction of sp³-hybridized carbons (Fsp3) is 0.238. The number of ether oxygens (including phenoxy) is 1. The number of halogens is 1. The normalized spacial score (nSPS) is 14.3. The maximum Gasteiger partial charge on any atom is 0.236 e. The summed E-state index contributed by atoms with van der Waals surface area (Å²) in [6, 6.07) is 15.7. The van der Waals surface area contributed by atoms with Crippen LogP contribution in [0.5, 0.6) is 0 Å². The van der Waals surface area contributed by atoms with Crippen LogP contribution in [0.2, 0.25) is 5.02 Å². The molecule has 0 bridgehead atoms. The van der Waals surface area contributed by atoms with Gasteiger partial charge in [-0.15, -0.1) is 5.10 Å². The van der Waals surface area contributed by atoms with Gasteiger partial charge in [0.2, 0.25) is 10.0 Å². The quantitative estimate of drug-likeness (QED) is 0.556. The molecule has 1 fully saturated rings. The van der Waals surface area contributed by atoms with Crippen molar-refractivity contribution in [3.8, 4) is 0 Å². The van der Waals surface area contributed by atoms with E-state index in [1.807, 2.05) is 6.07 Å². The van der Waals surface area contributed by atoms with E-state index in [-0.39, 0.29) is 5.75 Å². The Hall–Kier alpha value is -2.88. The zero-order valence-electron chi connectivity index (χ0n) is 16.7. The van der Waals surface area contributed by atoms with E-state index < -0.39 is 10.0 Å². The van der Waals surface area contributed by atoms with Crippen LogP contribution in [-0.4, -0.2) is 44.9 Å². The molecule has 162 valence electrons. The van der Waals surface area contributed by atoms with E-state index in [1.54, 1.807) is 54.7 Å². The maximum absolute atomic E-state index is 12.4. The molecule has 1 aliphatic heterocycles. The second kappa shape index (κ2) is 9.51. The molecule has 0 radical (unpaired) electrons. The van der Waals surface area contributed by atoms with Crippen molar-refractivity contribution in [1.82, 2.24) is 10.2 Å². The molecule has 10 heteroatoms. The number of morpholine rings is 1. The topological polar surface area (TPSA) is 96.5 Å². The number of nitrogens with one attached hydrogen (secondary N) is 2. The molecule has 0 saturated carbocycles. The van der Waals surface area contributed by atoms with Gasteiger partial charge in [0.05, 0.1) is 30.9 Å². The van der Waals surface area contributed by atoms with Crippen LogP contribution in [0.3, 0.4) is 0 Å². The second-order valence-electron chi connectivity index (χ2n) is 7.09. The Bertz CT molecular complexity index is 1140. The lowest BCUT2D eigenvalue weighted by Gasteiger charge is -2.28. The van der Waals surface area contributed by atoms with Crippen LogP contribution in [-0.2, 0) is 20.5 Å². The van der Waals surface area contributed by atoms with Crippen LogP contribution in [0.4, 0.5) is 22.9 Å². The third kappa shape index (κ3) is 6.06. The minimum Gasteiger partial charge on any atom is -0.378 e. The average molecular weight is 460 g/mol. The molecule has 31 heavy (non-hydrogen) atoms. The Morgan fingerprint density at radius 1 is 1.03 bits per heavy atom. The summed E-state index contributed by atoms with van der Waals surface area (Å²) in [4.78, 5) is 2.20. The van der Waals surface area contributed by atoms with Gasteiger partial charge in [0.15, 0.2) is 5.82 Å². The van der Waals surface area contributed by atoms with Gasteiger partial charge in [-0.1, -0.05) is 23.7 Å².